The van der Waals surface area contributed by atoms with Crippen LogP contribution in [0.4, 0.5) is 9.93 Å². The van der Waals surface area contributed by atoms with Crippen molar-refractivity contribution in [3.8, 4) is 0 Å². The normalized spacial score (nSPS) is 26.0. The quantitative estimate of drug-likeness (QED) is 0.913. The van der Waals surface area contributed by atoms with Gasteiger partial charge in [0.2, 0.25) is 0 Å². The number of fused-ring (bicyclic) bond motifs is 1. The van der Waals surface area contributed by atoms with Crippen molar-refractivity contribution in [1.82, 2.24) is 14.8 Å². The van der Waals surface area contributed by atoms with E-state index in [4.69, 9.17) is 0 Å². The lowest BCUT2D eigenvalue weighted by molar-refractivity contribution is 0.146. The third-order valence-electron chi connectivity index (χ3n) is 4.67. The standard InChI is InChI=1S/C15H24N4OS/c1-4-12-10(2)21-14(16-12)17-15(20)19-7-5-6-11-8-18(3)9-13(11)19/h11,13H,4-9H2,1-3H3,(H,16,17,20)/t11-,13+/m0/s1. The number of nitrogens with one attached hydrogen (secondary N) is 1. The molecule has 2 aliphatic heterocycles. The summed E-state index contributed by atoms with van der Waals surface area (Å²) in [6.07, 6.45) is 3.27. The average Bonchev–Trinajstić information content (AvgIpc) is 2.99. The van der Waals surface area contributed by atoms with Crippen LogP contribution in [-0.4, -0.2) is 53.5 Å². The van der Waals surface area contributed by atoms with Gasteiger partial charge in [0, 0.05) is 24.5 Å². The van der Waals surface area contributed by atoms with Gasteiger partial charge in [0.1, 0.15) is 0 Å². The smallest absolute Gasteiger partial charge is 0.320 e. The number of nitrogens with zero attached hydrogens (tertiary/aromatic N) is 3. The van der Waals surface area contributed by atoms with E-state index in [0.29, 0.717) is 12.0 Å². The van der Waals surface area contributed by atoms with E-state index in [9.17, 15) is 4.79 Å². The molecule has 0 spiro atoms. The third-order valence-corrected chi connectivity index (χ3v) is 5.59. The zero-order valence-electron chi connectivity index (χ0n) is 13.1. The fourth-order valence-corrected chi connectivity index (χ4v) is 4.51. The van der Waals surface area contributed by atoms with Gasteiger partial charge >= 0.3 is 6.03 Å². The Labute approximate surface area is 130 Å². The van der Waals surface area contributed by atoms with Crippen LogP contribution < -0.4 is 5.32 Å². The molecule has 1 N–H and O–H groups in total. The molecule has 1 aromatic heterocycles. The lowest BCUT2D eigenvalue weighted by atomic mass is 9.92. The number of piperidine rings is 1. The van der Waals surface area contributed by atoms with Crippen LogP contribution in [0.25, 0.3) is 0 Å². The molecule has 0 aliphatic carbocycles. The number of carbonyl (C=O) groups excluding carboxylic acids is 1. The zero-order valence-corrected chi connectivity index (χ0v) is 13.9. The first-order valence-electron chi connectivity index (χ1n) is 7.81. The molecule has 116 valence electrons. The fourth-order valence-electron chi connectivity index (χ4n) is 3.62. The molecule has 0 aromatic carbocycles. The van der Waals surface area contributed by atoms with Crippen LogP contribution in [0.5, 0.6) is 0 Å². The zero-order chi connectivity index (χ0) is 15.0. The molecule has 0 saturated carbocycles. The molecule has 3 rings (SSSR count). The Hall–Kier alpha value is -1.14. The Balaban J connectivity index is 1.69. The number of hydrogen-bond acceptors (Lipinski definition) is 4. The maximum Gasteiger partial charge on any atom is 0.323 e. The van der Waals surface area contributed by atoms with E-state index < -0.39 is 0 Å². The number of aromatic nitrogens is 1. The summed E-state index contributed by atoms with van der Waals surface area (Å²) in [4.78, 5) is 22.7. The Morgan fingerprint density at radius 3 is 3.00 bits per heavy atom. The SMILES string of the molecule is CCc1nc(NC(=O)N2CCC[C@H]3CN(C)C[C@H]32)sc1C. The lowest BCUT2D eigenvalue weighted by Crippen LogP contribution is -2.50. The maximum atomic E-state index is 12.6. The number of urea groups is 1. The summed E-state index contributed by atoms with van der Waals surface area (Å²) in [7, 11) is 2.14. The molecule has 6 heteroatoms. The minimum atomic E-state index is 0.0244. The van der Waals surface area contributed by atoms with Gasteiger partial charge in [0.15, 0.2) is 5.13 Å². The van der Waals surface area contributed by atoms with E-state index in [-0.39, 0.29) is 6.03 Å². The summed E-state index contributed by atoms with van der Waals surface area (Å²) in [5.41, 5.74) is 1.09. The van der Waals surface area contributed by atoms with E-state index in [2.05, 4.69) is 36.1 Å². The van der Waals surface area contributed by atoms with E-state index in [1.54, 1.807) is 11.3 Å². The second-order valence-corrected chi connectivity index (χ2v) is 7.39. The van der Waals surface area contributed by atoms with Crippen LogP contribution in [0.3, 0.4) is 0 Å². The topological polar surface area (TPSA) is 48.5 Å². The Bertz CT molecular complexity index is 530. The first-order valence-corrected chi connectivity index (χ1v) is 8.62. The van der Waals surface area contributed by atoms with Gasteiger partial charge in [0.05, 0.1) is 11.7 Å². The predicted octanol–water partition coefficient (Wildman–Crippen LogP) is 2.57. The minimum absolute atomic E-state index is 0.0244. The molecule has 2 aliphatic rings. The second kappa shape index (κ2) is 5.93. The monoisotopic (exact) mass is 308 g/mol. The van der Waals surface area contributed by atoms with E-state index in [0.717, 1.165) is 43.3 Å². The number of amides is 2. The number of carbonyl (C=O) groups is 1. The van der Waals surface area contributed by atoms with Gasteiger partial charge in [-0.1, -0.05) is 6.92 Å². The highest BCUT2D eigenvalue weighted by atomic mass is 32.1. The van der Waals surface area contributed by atoms with Crippen molar-refractivity contribution in [2.75, 3.05) is 32.0 Å². The summed E-state index contributed by atoms with van der Waals surface area (Å²) in [5.74, 6) is 0.638. The van der Waals surface area contributed by atoms with E-state index in [1.165, 1.54) is 11.3 Å². The average molecular weight is 308 g/mol. The molecule has 2 atom stereocenters. The van der Waals surface area contributed by atoms with Gasteiger partial charge in [-0.3, -0.25) is 5.32 Å². The largest absolute Gasteiger partial charge is 0.323 e. The first-order chi connectivity index (χ1) is 10.1. The summed E-state index contributed by atoms with van der Waals surface area (Å²) < 4.78 is 0. The van der Waals surface area contributed by atoms with Gasteiger partial charge < -0.3 is 9.80 Å². The van der Waals surface area contributed by atoms with Crippen LogP contribution in [0.2, 0.25) is 0 Å². The lowest BCUT2D eigenvalue weighted by Gasteiger charge is -2.36. The van der Waals surface area contributed by atoms with Crippen molar-refractivity contribution in [1.29, 1.82) is 0 Å². The number of anilines is 1. The minimum Gasteiger partial charge on any atom is -0.320 e. The molecule has 2 fully saturated rings. The molecule has 21 heavy (non-hydrogen) atoms. The molecular formula is C15H24N4OS. The third kappa shape index (κ3) is 2.92. The Morgan fingerprint density at radius 2 is 2.29 bits per heavy atom. The number of thiazole rings is 1. The molecular weight excluding hydrogens is 284 g/mol. The van der Waals surface area contributed by atoms with Gasteiger partial charge in [-0.15, -0.1) is 11.3 Å². The molecule has 5 nitrogen and oxygen atoms in total. The maximum absolute atomic E-state index is 12.6. The molecule has 0 radical (unpaired) electrons. The molecule has 2 amide bonds. The van der Waals surface area contributed by atoms with Crippen molar-refractivity contribution in [3.05, 3.63) is 10.6 Å². The molecule has 2 saturated heterocycles. The molecule has 1 aromatic rings. The van der Waals surface area contributed by atoms with Gasteiger partial charge in [-0.2, -0.15) is 0 Å². The fraction of sp³-hybridized carbons (Fsp3) is 0.733. The molecule has 0 bridgehead atoms. The van der Waals surface area contributed by atoms with Crippen LogP contribution in [0, 0.1) is 12.8 Å². The summed E-state index contributed by atoms with van der Waals surface area (Å²) in [5, 5.41) is 3.75. The number of likely N-dealkylation sites (N-methyl/N-ethyl adjacent to an activating group) is 1. The summed E-state index contributed by atoms with van der Waals surface area (Å²) in [6, 6.07) is 0.395. The molecule has 3 heterocycles. The van der Waals surface area contributed by atoms with Gasteiger partial charge in [0.25, 0.3) is 0 Å². The number of likely N-dealkylation sites (tertiary alicyclic amines) is 2. The van der Waals surface area contributed by atoms with Crippen LogP contribution in [-0.2, 0) is 6.42 Å². The van der Waals surface area contributed by atoms with Crippen molar-refractivity contribution < 1.29 is 4.79 Å². The summed E-state index contributed by atoms with van der Waals surface area (Å²) in [6.45, 7) is 7.14. The van der Waals surface area contributed by atoms with Crippen LogP contribution in [0.1, 0.15) is 30.3 Å². The Morgan fingerprint density at radius 1 is 1.48 bits per heavy atom. The predicted molar refractivity (Wildman–Crippen MR) is 86.0 cm³/mol. The van der Waals surface area contributed by atoms with Gasteiger partial charge in [-0.05, 0) is 39.2 Å². The Kier molecular flexibility index (Phi) is 4.17. The highest BCUT2D eigenvalue weighted by Crippen LogP contribution is 2.30. The van der Waals surface area contributed by atoms with Crippen molar-refractivity contribution in [3.63, 3.8) is 0 Å². The van der Waals surface area contributed by atoms with Crippen molar-refractivity contribution >= 4 is 22.5 Å². The highest BCUT2D eigenvalue weighted by molar-refractivity contribution is 7.15. The first kappa shape index (κ1) is 14.8. The summed E-state index contributed by atoms with van der Waals surface area (Å²) >= 11 is 1.58. The van der Waals surface area contributed by atoms with Crippen molar-refractivity contribution in [2.45, 2.75) is 39.2 Å². The number of aryl methyl sites for hydroxylation is 2. The van der Waals surface area contributed by atoms with Crippen LogP contribution in [0.15, 0.2) is 0 Å². The van der Waals surface area contributed by atoms with Gasteiger partial charge in [-0.25, -0.2) is 9.78 Å². The highest BCUT2D eigenvalue weighted by Gasteiger charge is 2.39. The van der Waals surface area contributed by atoms with E-state index in [1.807, 2.05) is 4.90 Å². The second-order valence-electron chi connectivity index (χ2n) is 6.19. The molecule has 0 unspecified atom stereocenters. The number of rotatable bonds is 2. The van der Waals surface area contributed by atoms with E-state index >= 15 is 0 Å². The van der Waals surface area contributed by atoms with Crippen molar-refractivity contribution in [2.24, 2.45) is 5.92 Å². The van der Waals surface area contributed by atoms with Crippen LogP contribution >= 0.6 is 11.3 Å². The number of hydrogen-bond donors (Lipinski definition) is 1.